The highest BCUT2D eigenvalue weighted by Gasteiger charge is 2.50. The van der Waals surface area contributed by atoms with Crippen LogP contribution in [0.4, 0.5) is 11.4 Å². The van der Waals surface area contributed by atoms with E-state index in [0.29, 0.717) is 48.4 Å². The molecule has 0 spiro atoms. The number of unbranched alkanes of at least 4 members (excludes halogenated alkanes) is 1. The number of hydrogen-bond donors (Lipinski definition) is 3. The highest BCUT2D eigenvalue weighted by atomic mass is 35.5. The van der Waals surface area contributed by atoms with Crippen molar-refractivity contribution in [3.05, 3.63) is 94.1 Å². The Balaban J connectivity index is 0.843. The van der Waals surface area contributed by atoms with Crippen molar-refractivity contribution >= 4 is 75.3 Å². The lowest BCUT2D eigenvalue weighted by Gasteiger charge is -2.30. The van der Waals surface area contributed by atoms with Gasteiger partial charge >= 0.3 is 0 Å². The Labute approximate surface area is 400 Å². The molecule has 2 saturated heterocycles. The summed E-state index contributed by atoms with van der Waals surface area (Å²) in [5.74, 6) is -1.07. The molecule has 4 amide bonds. The Hall–Kier alpha value is -5.48. The number of aliphatic hydroxyl groups excluding tert-OH is 1. The van der Waals surface area contributed by atoms with E-state index in [-0.39, 0.29) is 55.5 Å². The first-order chi connectivity index (χ1) is 31.6. The van der Waals surface area contributed by atoms with Crippen molar-refractivity contribution in [3.63, 3.8) is 0 Å². The van der Waals surface area contributed by atoms with Gasteiger partial charge in [-0.1, -0.05) is 49.7 Å². The number of aryl methyl sites for hydroxylation is 1. The minimum Gasteiger partial charge on any atom is -0.494 e. The molecule has 1 aromatic heterocycles. The van der Waals surface area contributed by atoms with E-state index >= 15 is 0 Å². The van der Waals surface area contributed by atoms with Gasteiger partial charge in [-0.3, -0.25) is 24.1 Å². The van der Waals surface area contributed by atoms with Gasteiger partial charge in [-0.25, -0.2) is 4.98 Å². The van der Waals surface area contributed by atoms with Gasteiger partial charge in [0.2, 0.25) is 17.7 Å². The number of aliphatic hydroxyl groups is 1. The standard InChI is InChI=1S/C48H56ClN7O8S2/c1-30(2)42(45(60)54-27-37(57)24-40(54)44(59)51-26-32-9-11-33(12-10-32)43-31(3)52-29-66-43)53-41(58)28-63-21-8-20-62-19-6-7-22-64-38-17-15-35(16-18-38)56-47(65)55(46(61)48(56,4)5)36-14-13-34(25-50)39(49)23-36/h9-18,23,29-30,37,40,42,57H,6-8,19-22,24,26-28H2,1-5H3,(H,51,59)(H,53,58)/t37-,40+,42?/m1/s1. The number of nitrogens with zero attached hydrogens (tertiary/aromatic N) is 5. The van der Waals surface area contributed by atoms with Gasteiger partial charge in [0.25, 0.3) is 5.91 Å². The second-order valence-corrected chi connectivity index (χ2v) is 18.7. The smallest absolute Gasteiger partial charge is 0.259 e. The molecule has 0 radical (unpaired) electrons. The third kappa shape index (κ3) is 12.1. The number of thiocarbonyl (C=S) groups is 1. The van der Waals surface area contributed by atoms with Crippen LogP contribution in [-0.2, 0) is 35.2 Å². The van der Waals surface area contributed by atoms with Gasteiger partial charge in [0, 0.05) is 45.0 Å². The molecule has 2 aliphatic heterocycles. The van der Waals surface area contributed by atoms with Crippen LogP contribution in [0.15, 0.2) is 72.2 Å². The molecule has 66 heavy (non-hydrogen) atoms. The fourth-order valence-corrected chi connectivity index (χ4v) is 9.33. The van der Waals surface area contributed by atoms with Crippen LogP contribution in [0.3, 0.4) is 0 Å². The van der Waals surface area contributed by atoms with Crippen molar-refractivity contribution in [2.75, 3.05) is 49.4 Å². The maximum atomic E-state index is 13.7. The quantitative estimate of drug-likeness (QED) is 0.0604. The molecule has 3 heterocycles. The van der Waals surface area contributed by atoms with Crippen LogP contribution in [0.1, 0.15) is 70.2 Å². The largest absolute Gasteiger partial charge is 0.494 e. The zero-order valence-electron chi connectivity index (χ0n) is 37.8. The number of carbonyl (C=O) groups is 4. The number of anilines is 2. The van der Waals surface area contributed by atoms with Crippen LogP contribution >= 0.6 is 35.2 Å². The highest BCUT2D eigenvalue weighted by molar-refractivity contribution is 7.81. The molecule has 2 fully saturated rings. The van der Waals surface area contributed by atoms with Crippen LogP contribution in [0.2, 0.25) is 5.02 Å². The molecular weight excluding hydrogens is 902 g/mol. The van der Waals surface area contributed by atoms with E-state index in [1.54, 1.807) is 48.3 Å². The third-order valence-electron chi connectivity index (χ3n) is 11.4. The molecule has 3 aromatic carbocycles. The predicted molar refractivity (Wildman–Crippen MR) is 257 cm³/mol. The van der Waals surface area contributed by atoms with Gasteiger partial charge in [0.05, 0.1) is 45.1 Å². The first-order valence-corrected chi connectivity index (χ1v) is 23.6. The second kappa shape index (κ2) is 22.8. The maximum Gasteiger partial charge on any atom is 0.259 e. The number of thiazole rings is 1. The minimum absolute atomic E-state index is 0.00470. The molecule has 350 valence electrons. The predicted octanol–water partition coefficient (Wildman–Crippen LogP) is 6.56. The first-order valence-electron chi connectivity index (χ1n) is 21.9. The van der Waals surface area contributed by atoms with Gasteiger partial charge in [-0.2, -0.15) is 5.26 Å². The molecule has 4 aromatic rings. The van der Waals surface area contributed by atoms with E-state index in [1.165, 1.54) is 9.80 Å². The lowest BCUT2D eigenvalue weighted by Crippen LogP contribution is -2.55. The van der Waals surface area contributed by atoms with Crippen LogP contribution in [0.25, 0.3) is 10.4 Å². The summed E-state index contributed by atoms with van der Waals surface area (Å²) in [6, 6.07) is 20.3. The van der Waals surface area contributed by atoms with Crippen molar-refractivity contribution in [1.82, 2.24) is 20.5 Å². The molecular formula is C48H56ClN7O8S2. The molecule has 3 N–H and O–H groups in total. The van der Waals surface area contributed by atoms with Crippen LogP contribution < -0.4 is 25.2 Å². The number of rotatable bonds is 21. The second-order valence-electron chi connectivity index (χ2n) is 17.0. The number of ether oxygens (including phenoxy) is 3. The van der Waals surface area contributed by atoms with E-state index in [2.05, 4.69) is 15.6 Å². The average Bonchev–Trinajstić information content (AvgIpc) is 3.96. The SMILES string of the molecule is Cc1ncsc1-c1ccc(CNC(=O)[C@@H]2C[C@@H](O)CN2C(=O)C(NC(=O)COCCCOCCCCOc2ccc(N3C(=S)N(c4ccc(C#N)c(Cl)c4)C(=O)C3(C)C)cc2)C(C)C)cc1. The summed E-state index contributed by atoms with van der Waals surface area (Å²) >= 11 is 13.6. The van der Waals surface area contributed by atoms with Crippen molar-refractivity contribution in [2.45, 2.75) is 90.6 Å². The number of nitrogens with one attached hydrogen (secondary N) is 2. The van der Waals surface area contributed by atoms with Crippen LogP contribution in [0.5, 0.6) is 5.75 Å². The molecule has 3 atom stereocenters. The van der Waals surface area contributed by atoms with Crippen LogP contribution in [0, 0.1) is 24.2 Å². The van der Waals surface area contributed by atoms with E-state index in [4.69, 9.17) is 38.0 Å². The number of halogens is 1. The summed E-state index contributed by atoms with van der Waals surface area (Å²) in [5, 5.41) is 26.0. The fraction of sp³-hybridized carbons (Fsp3) is 0.438. The summed E-state index contributed by atoms with van der Waals surface area (Å²) in [4.78, 5) is 63.4. The Bertz CT molecular complexity index is 2410. The third-order valence-corrected chi connectivity index (χ3v) is 13.1. The highest BCUT2D eigenvalue weighted by Crippen LogP contribution is 2.38. The molecule has 0 saturated carbocycles. The average molecular weight is 959 g/mol. The number of β-amino-alcohol motifs (C(OH)–C–C–N with tert-alkyl or cyclic N) is 1. The number of benzene rings is 3. The van der Waals surface area contributed by atoms with Gasteiger partial charge in [0.1, 0.15) is 36.0 Å². The fourth-order valence-electron chi connectivity index (χ4n) is 7.78. The lowest BCUT2D eigenvalue weighted by molar-refractivity contribution is -0.143. The number of nitriles is 1. The van der Waals surface area contributed by atoms with Gasteiger partial charge in [0.15, 0.2) is 5.11 Å². The first kappa shape index (κ1) is 49.9. The van der Waals surface area contributed by atoms with E-state index in [0.717, 1.165) is 40.2 Å². The Morgan fingerprint density at radius 1 is 1.00 bits per heavy atom. The zero-order valence-corrected chi connectivity index (χ0v) is 40.1. The number of aromatic nitrogens is 1. The van der Waals surface area contributed by atoms with Crippen molar-refractivity contribution in [3.8, 4) is 22.3 Å². The Kier molecular flexibility index (Phi) is 17.3. The number of amides is 4. The zero-order chi connectivity index (χ0) is 47.5. The normalized spacial score (nSPS) is 17.3. The van der Waals surface area contributed by atoms with Crippen LogP contribution in [-0.4, -0.2) is 107 Å². The number of likely N-dealkylation sites (tertiary alicyclic amines) is 1. The molecule has 1 unspecified atom stereocenters. The number of hydrogen-bond acceptors (Lipinski definition) is 12. The van der Waals surface area contributed by atoms with Crippen molar-refractivity contribution in [1.29, 1.82) is 5.26 Å². The summed E-state index contributed by atoms with van der Waals surface area (Å²) in [6.45, 7) is 11.0. The summed E-state index contributed by atoms with van der Waals surface area (Å²) in [7, 11) is 0. The van der Waals surface area contributed by atoms with Gasteiger partial charge in [-0.05, 0) is 112 Å². The molecule has 15 nitrogen and oxygen atoms in total. The Morgan fingerprint density at radius 3 is 2.35 bits per heavy atom. The van der Waals surface area contributed by atoms with Gasteiger partial charge < -0.3 is 39.8 Å². The van der Waals surface area contributed by atoms with Crippen molar-refractivity contribution in [2.24, 2.45) is 5.92 Å². The van der Waals surface area contributed by atoms with Crippen molar-refractivity contribution < 1.29 is 38.5 Å². The topological polar surface area (TPSA) is 187 Å². The Morgan fingerprint density at radius 2 is 1.68 bits per heavy atom. The monoisotopic (exact) mass is 957 g/mol. The lowest BCUT2D eigenvalue weighted by atomic mass is 10.0. The summed E-state index contributed by atoms with van der Waals surface area (Å²) in [6.07, 6.45) is 1.36. The molecule has 0 aliphatic carbocycles. The summed E-state index contributed by atoms with van der Waals surface area (Å²) in [5.41, 5.74) is 5.28. The van der Waals surface area contributed by atoms with E-state index in [1.807, 2.05) is 80.9 Å². The molecule has 0 bridgehead atoms. The van der Waals surface area contributed by atoms with E-state index in [9.17, 15) is 29.5 Å². The molecule has 18 heteroatoms. The van der Waals surface area contributed by atoms with Gasteiger partial charge in [-0.15, -0.1) is 11.3 Å². The summed E-state index contributed by atoms with van der Waals surface area (Å²) < 4.78 is 17.3. The minimum atomic E-state index is -0.967. The van der Waals surface area contributed by atoms with E-state index < -0.39 is 35.5 Å². The molecule has 6 rings (SSSR count). The maximum absolute atomic E-state index is 13.7. The number of carbonyl (C=O) groups excluding carboxylic acids is 4. The molecule has 2 aliphatic rings.